The van der Waals surface area contributed by atoms with Gasteiger partial charge in [-0.1, -0.05) is 53.5 Å². The van der Waals surface area contributed by atoms with Gasteiger partial charge in [0.25, 0.3) is 5.91 Å². The molecule has 0 spiro atoms. The lowest BCUT2D eigenvalue weighted by molar-refractivity contribution is 0.0985. The maximum absolute atomic E-state index is 13.2. The fourth-order valence-corrected chi connectivity index (χ4v) is 3.05. The van der Waals surface area contributed by atoms with E-state index in [1.54, 1.807) is 35.2 Å². The van der Waals surface area contributed by atoms with E-state index in [1.807, 2.05) is 42.5 Å². The van der Waals surface area contributed by atoms with Crippen molar-refractivity contribution in [2.45, 2.75) is 6.54 Å². The predicted octanol–water partition coefficient (Wildman–Crippen LogP) is 5.71. The largest absolute Gasteiger partial charge is 0.304 e. The van der Waals surface area contributed by atoms with E-state index in [9.17, 15) is 4.79 Å². The standard InChI is InChI=1S/C21H14Cl2N2O/c22-17-10-11-19(20(23)12-17)21(26)25(18-4-2-1-3-5-18)14-16-8-6-15(13-24)7-9-16/h1-12H,14H2. The predicted molar refractivity (Wildman–Crippen MR) is 105 cm³/mol. The van der Waals surface area contributed by atoms with Crippen LogP contribution in [0.25, 0.3) is 0 Å². The fraction of sp³-hybridized carbons (Fsp3) is 0.0476. The second kappa shape index (κ2) is 8.05. The third-order valence-corrected chi connectivity index (χ3v) is 4.45. The molecule has 0 atom stereocenters. The zero-order valence-corrected chi connectivity index (χ0v) is 15.2. The number of hydrogen-bond donors (Lipinski definition) is 0. The average molecular weight is 381 g/mol. The molecule has 5 heteroatoms. The van der Waals surface area contributed by atoms with Gasteiger partial charge in [-0.2, -0.15) is 5.26 Å². The van der Waals surface area contributed by atoms with Crippen LogP contribution >= 0.6 is 23.2 Å². The molecule has 1 amide bonds. The second-order valence-corrected chi connectivity index (χ2v) is 6.50. The van der Waals surface area contributed by atoms with Crippen LogP contribution in [0.15, 0.2) is 72.8 Å². The van der Waals surface area contributed by atoms with Gasteiger partial charge in [0.1, 0.15) is 0 Å². The molecule has 0 heterocycles. The first-order valence-corrected chi connectivity index (χ1v) is 8.65. The van der Waals surface area contributed by atoms with Gasteiger partial charge in [-0.3, -0.25) is 4.79 Å². The minimum Gasteiger partial charge on any atom is -0.304 e. The first kappa shape index (κ1) is 18.0. The Labute approximate surface area is 162 Å². The minimum absolute atomic E-state index is 0.220. The third-order valence-electron chi connectivity index (χ3n) is 3.90. The molecule has 0 fully saturated rings. The molecule has 3 nitrogen and oxygen atoms in total. The lowest BCUT2D eigenvalue weighted by atomic mass is 10.1. The van der Waals surface area contributed by atoms with E-state index >= 15 is 0 Å². The van der Waals surface area contributed by atoms with E-state index in [0.717, 1.165) is 11.3 Å². The summed E-state index contributed by atoms with van der Waals surface area (Å²) >= 11 is 12.2. The highest BCUT2D eigenvalue weighted by molar-refractivity contribution is 6.37. The van der Waals surface area contributed by atoms with E-state index in [1.165, 1.54) is 0 Å². The molecule has 3 aromatic carbocycles. The van der Waals surface area contributed by atoms with Crippen molar-refractivity contribution in [3.8, 4) is 6.07 Å². The maximum atomic E-state index is 13.2. The number of nitriles is 1. The topological polar surface area (TPSA) is 44.1 Å². The van der Waals surface area contributed by atoms with Gasteiger partial charge in [0.15, 0.2) is 0 Å². The van der Waals surface area contributed by atoms with Crippen LogP contribution in [0.3, 0.4) is 0 Å². The van der Waals surface area contributed by atoms with Crippen LogP contribution in [0.5, 0.6) is 0 Å². The summed E-state index contributed by atoms with van der Waals surface area (Å²) in [5.41, 5.74) is 2.62. The molecular formula is C21H14Cl2N2O. The highest BCUT2D eigenvalue weighted by atomic mass is 35.5. The molecule has 0 saturated carbocycles. The van der Waals surface area contributed by atoms with Crippen molar-refractivity contribution in [1.82, 2.24) is 0 Å². The summed E-state index contributed by atoms with van der Waals surface area (Å²) in [6.45, 7) is 0.355. The van der Waals surface area contributed by atoms with E-state index < -0.39 is 0 Å². The van der Waals surface area contributed by atoms with Crippen molar-refractivity contribution in [2.24, 2.45) is 0 Å². The maximum Gasteiger partial charge on any atom is 0.260 e. The highest BCUT2D eigenvalue weighted by Crippen LogP contribution is 2.26. The molecule has 0 aliphatic carbocycles. The van der Waals surface area contributed by atoms with Gasteiger partial charge in [-0.15, -0.1) is 0 Å². The van der Waals surface area contributed by atoms with Gasteiger partial charge in [-0.25, -0.2) is 0 Å². The SMILES string of the molecule is N#Cc1ccc(CN(C(=O)c2ccc(Cl)cc2Cl)c2ccccc2)cc1. The molecule has 0 aliphatic heterocycles. The van der Waals surface area contributed by atoms with Gasteiger partial charge in [-0.05, 0) is 48.0 Å². The fourth-order valence-electron chi connectivity index (χ4n) is 2.56. The normalized spacial score (nSPS) is 10.2. The van der Waals surface area contributed by atoms with Crippen LogP contribution in [-0.2, 0) is 6.54 Å². The van der Waals surface area contributed by atoms with Crippen molar-refractivity contribution in [3.63, 3.8) is 0 Å². The van der Waals surface area contributed by atoms with Crippen LogP contribution < -0.4 is 4.90 Å². The molecule has 0 bridgehead atoms. The summed E-state index contributed by atoms with van der Waals surface area (Å²) in [5.74, 6) is -0.220. The first-order chi connectivity index (χ1) is 12.6. The summed E-state index contributed by atoms with van der Waals surface area (Å²) in [6, 6.07) is 23.4. The van der Waals surface area contributed by atoms with Gasteiger partial charge in [0.05, 0.1) is 28.8 Å². The molecule has 3 aromatic rings. The van der Waals surface area contributed by atoms with Gasteiger partial charge in [0, 0.05) is 10.7 Å². The smallest absolute Gasteiger partial charge is 0.260 e. The summed E-state index contributed by atoms with van der Waals surface area (Å²) < 4.78 is 0. The number of anilines is 1. The van der Waals surface area contributed by atoms with Crippen LogP contribution in [0.1, 0.15) is 21.5 Å². The van der Waals surface area contributed by atoms with Gasteiger partial charge in [0.2, 0.25) is 0 Å². The van der Waals surface area contributed by atoms with Crippen LogP contribution in [0.4, 0.5) is 5.69 Å². The number of carbonyl (C=O) groups excluding carboxylic acids is 1. The molecule has 128 valence electrons. The first-order valence-electron chi connectivity index (χ1n) is 7.89. The van der Waals surface area contributed by atoms with Crippen LogP contribution in [0.2, 0.25) is 10.0 Å². The number of carbonyl (C=O) groups is 1. The Morgan fingerprint density at radius 2 is 1.65 bits per heavy atom. The van der Waals surface area contributed by atoms with E-state index in [0.29, 0.717) is 27.7 Å². The second-order valence-electron chi connectivity index (χ2n) is 5.66. The Morgan fingerprint density at radius 1 is 0.962 bits per heavy atom. The van der Waals surface area contributed by atoms with Crippen molar-refractivity contribution >= 4 is 34.8 Å². The third kappa shape index (κ3) is 4.05. The number of nitrogens with zero attached hydrogens (tertiary/aromatic N) is 2. The van der Waals surface area contributed by atoms with Crippen molar-refractivity contribution in [1.29, 1.82) is 5.26 Å². The van der Waals surface area contributed by atoms with E-state index in [-0.39, 0.29) is 5.91 Å². The summed E-state index contributed by atoms with van der Waals surface area (Å²) in [7, 11) is 0. The van der Waals surface area contributed by atoms with Gasteiger partial charge < -0.3 is 4.90 Å². The lowest BCUT2D eigenvalue weighted by Crippen LogP contribution is -2.30. The summed E-state index contributed by atoms with van der Waals surface area (Å²) in [4.78, 5) is 14.8. The van der Waals surface area contributed by atoms with Crippen LogP contribution in [0, 0.1) is 11.3 Å². The minimum atomic E-state index is -0.220. The quantitative estimate of drug-likeness (QED) is 0.581. The Hall–Kier alpha value is -2.80. The molecule has 0 aromatic heterocycles. The number of halogens is 2. The molecule has 26 heavy (non-hydrogen) atoms. The molecule has 0 aliphatic rings. The Balaban J connectivity index is 1.97. The van der Waals surface area contributed by atoms with Crippen LogP contribution in [-0.4, -0.2) is 5.91 Å². The Morgan fingerprint density at radius 3 is 2.27 bits per heavy atom. The number of para-hydroxylation sites is 1. The monoisotopic (exact) mass is 380 g/mol. The molecule has 0 N–H and O–H groups in total. The van der Waals surface area contributed by atoms with Crippen molar-refractivity contribution in [3.05, 3.63) is 99.5 Å². The molecule has 0 saturated heterocycles. The highest BCUT2D eigenvalue weighted by Gasteiger charge is 2.20. The average Bonchev–Trinajstić information content (AvgIpc) is 2.67. The molecule has 3 rings (SSSR count). The number of rotatable bonds is 4. The summed E-state index contributed by atoms with van der Waals surface area (Å²) in [5, 5.41) is 9.72. The van der Waals surface area contributed by atoms with Crippen molar-refractivity contribution < 1.29 is 4.79 Å². The molecular weight excluding hydrogens is 367 g/mol. The Kier molecular flexibility index (Phi) is 5.58. The lowest BCUT2D eigenvalue weighted by Gasteiger charge is -2.23. The zero-order valence-electron chi connectivity index (χ0n) is 13.7. The van der Waals surface area contributed by atoms with E-state index in [4.69, 9.17) is 28.5 Å². The zero-order chi connectivity index (χ0) is 18.5. The van der Waals surface area contributed by atoms with Crippen molar-refractivity contribution in [2.75, 3.05) is 4.90 Å². The number of benzene rings is 3. The number of amides is 1. The molecule has 0 unspecified atom stereocenters. The summed E-state index contributed by atoms with van der Waals surface area (Å²) in [6.07, 6.45) is 0. The van der Waals surface area contributed by atoms with Gasteiger partial charge >= 0.3 is 0 Å². The molecule has 0 radical (unpaired) electrons. The van der Waals surface area contributed by atoms with E-state index in [2.05, 4.69) is 6.07 Å². The Bertz CT molecular complexity index is 964. The number of hydrogen-bond acceptors (Lipinski definition) is 2.